The van der Waals surface area contributed by atoms with E-state index in [4.69, 9.17) is 4.74 Å². The summed E-state index contributed by atoms with van der Waals surface area (Å²) in [6, 6.07) is 16.7. The van der Waals surface area contributed by atoms with Crippen molar-refractivity contribution in [1.29, 1.82) is 0 Å². The second-order valence-electron chi connectivity index (χ2n) is 9.75. The van der Waals surface area contributed by atoms with Crippen LogP contribution in [0.2, 0.25) is 0 Å². The number of carbonyl (C=O) groups excluding carboxylic acids is 1. The van der Waals surface area contributed by atoms with Crippen molar-refractivity contribution in [3.05, 3.63) is 65.2 Å². The highest BCUT2D eigenvalue weighted by Gasteiger charge is 2.30. The zero-order chi connectivity index (χ0) is 22.3. The number of Topliss-reactive ketones (excluding diaryl/α,β-unsaturated/α-hetero) is 1. The average molecular weight is 423 g/mol. The lowest BCUT2D eigenvalue weighted by Crippen LogP contribution is -2.25. The summed E-state index contributed by atoms with van der Waals surface area (Å²) in [7, 11) is 0. The van der Waals surface area contributed by atoms with E-state index in [1.807, 2.05) is 18.2 Å². The van der Waals surface area contributed by atoms with Gasteiger partial charge in [-0.05, 0) is 46.9 Å². The molecule has 0 spiro atoms. The van der Waals surface area contributed by atoms with E-state index < -0.39 is 6.10 Å². The summed E-state index contributed by atoms with van der Waals surface area (Å²) < 4.78 is 6.33. The van der Waals surface area contributed by atoms with Gasteiger partial charge in [0.1, 0.15) is 18.1 Å². The van der Waals surface area contributed by atoms with Gasteiger partial charge >= 0.3 is 0 Å². The second kappa shape index (κ2) is 10.9. The van der Waals surface area contributed by atoms with Crippen molar-refractivity contribution >= 4 is 5.78 Å². The van der Waals surface area contributed by atoms with Gasteiger partial charge < -0.3 is 9.84 Å². The minimum atomic E-state index is -0.553. The van der Waals surface area contributed by atoms with Crippen LogP contribution in [0.25, 0.3) is 0 Å². The van der Waals surface area contributed by atoms with Crippen LogP contribution < -0.4 is 4.74 Å². The monoisotopic (exact) mass is 422 g/mol. The molecule has 0 heterocycles. The summed E-state index contributed by atoms with van der Waals surface area (Å²) in [5, 5.41) is 10.2. The molecule has 31 heavy (non-hydrogen) atoms. The molecule has 0 radical (unpaired) electrons. The van der Waals surface area contributed by atoms with Crippen LogP contribution in [0.1, 0.15) is 94.7 Å². The summed E-state index contributed by atoms with van der Waals surface area (Å²) in [6.45, 7) is 7.36. The van der Waals surface area contributed by atoms with Gasteiger partial charge in [0.25, 0.3) is 0 Å². The third-order valence-corrected chi connectivity index (χ3v) is 6.62. The molecule has 168 valence electrons. The maximum Gasteiger partial charge on any atom is 0.136 e. The molecule has 0 aromatic heterocycles. The van der Waals surface area contributed by atoms with Gasteiger partial charge in [-0.15, -0.1) is 0 Å². The van der Waals surface area contributed by atoms with Crippen molar-refractivity contribution in [2.24, 2.45) is 0 Å². The lowest BCUT2D eigenvalue weighted by Gasteiger charge is -2.30. The highest BCUT2D eigenvalue weighted by molar-refractivity contribution is 5.81. The first kappa shape index (κ1) is 23.5. The van der Waals surface area contributed by atoms with Gasteiger partial charge in [-0.25, -0.2) is 0 Å². The van der Waals surface area contributed by atoms with Crippen LogP contribution in [-0.4, -0.2) is 17.0 Å². The summed E-state index contributed by atoms with van der Waals surface area (Å²) in [6.07, 6.45) is 7.01. The van der Waals surface area contributed by atoms with Gasteiger partial charge in [-0.1, -0.05) is 88.9 Å². The van der Waals surface area contributed by atoms with E-state index in [1.165, 1.54) is 31.2 Å². The van der Waals surface area contributed by atoms with Gasteiger partial charge in [-0.3, -0.25) is 4.79 Å². The maximum absolute atomic E-state index is 12.1. The first-order chi connectivity index (χ1) is 14.9. The quantitative estimate of drug-likeness (QED) is 0.433. The van der Waals surface area contributed by atoms with Crippen LogP contribution in [0.5, 0.6) is 5.75 Å². The molecule has 2 atom stereocenters. The average Bonchev–Trinajstić information content (AvgIpc) is 2.75. The van der Waals surface area contributed by atoms with E-state index >= 15 is 0 Å². The molecule has 0 amide bonds. The van der Waals surface area contributed by atoms with Crippen molar-refractivity contribution in [3.63, 3.8) is 0 Å². The Bertz CT molecular complexity index is 841. The molecule has 0 unspecified atom stereocenters. The third-order valence-electron chi connectivity index (χ3n) is 6.62. The Balaban J connectivity index is 1.84. The summed E-state index contributed by atoms with van der Waals surface area (Å²) in [5.74, 6) is 1.01. The summed E-state index contributed by atoms with van der Waals surface area (Å²) in [4.78, 5) is 12.1. The molecule has 2 aromatic rings. The number of ketones is 1. The van der Waals surface area contributed by atoms with Gasteiger partial charge in [0.15, 0.2) is 0 Å². The van der Waals surface area contributed by atoms with Crippen LogP contribution in [-0.2, 0) is 16.8 Å². The van der Waals surface area contributed by atoms with Gasteiger partial charge in [-0.2, -0.15) is 0 Å². The molecule has 3 nitrogen and oxygen atoms in total. The molecule has 1 N–H and O–H groups in total. The first-order valence-corrected chi connectivity index (χ1v) is 11.9. The van der Waals surface area contributed by atoms with Gasteiger partial charge in [0, 0.05) is 12.8 Å². The molecule has 3 rings (SSSR count). The van der Waals surface area contributed by atoms with Gasteiger partial charge in [0.2, 0.25) is 0 Å². The number of ether oxygens (including phenoxy) is 1. The number of aliphatic hydroxyl groups is 1. The molecular weight excluding hydrogens is 384 g/mol. The van der Waals surface area contributed by atoms with Crippen LogP contribution in [0, 0.1) is 0 Å². The Morgan fingerprint density at radius 1 is 1.03 bits per heavy atom. The van der Waals surface area contributed by atoms with Crippen molar-refractivity contribution in [2.45, 2.75) is 96.2 Å². The fourth-order valence-corrected chi connectivity index (χ4v) is 4.64. The summed E-state index contributed by atoms with van der Waals surface area (Å²) in [5.41, 5.74) is 3.52. The number of aliphatic hydroxyl groups excluding tert-OH is 1. The van der Waals surface area contributed by atoms with Crippen molar-refractivity contribution in [3.8, 4) is 5.75 Å². The van der Waals surface area contributed by atoms with Crippen LogP contribution in [0.15, 0.2) is 48.5 Å². The van der Waals surface area contributed by atoms with E-state index in [2.05, 4.69) is 51.1 Å². The third kappa shape index (κ3) is 6.67. The Kier molecular flexibility index (Phi) is 8.31. The Hall–Kier alpha value is -2.13. The number of rotatable bonds is 10. The molecule has 0 bridgehead atoms. The normalized spacial score (nSPS) is 19.4. The highest BCUT2D eigenvalue weighted by atomic mass is 16.5. The predicted molar refractivity (Wildman–Crippen MR) is 127 cm³/mol. The zero-order valence-corrected chi connectivity index (χ0v) is 19.4. The number of benzene rings is 2. The van der Waals surface area contributed by atoms with Crippen molar-refractivity contribution in [2.75, 3.05) is 0 Å². The molecular formula is C28H38O3. The Morgan fingerprint density at radius 3 is 2.52 bits per heavy atom. The predicted octanol–water partition coefficient (Wildman–Crippen LogP) is 6.71. The SMILES string of the molecule is CCCCCCC(C)(C)c1ccc([C@H]2CC(=O)C[C@@H](O)C2)c(OCc2ccccc2)c1. The van der Waals surface area contributed by atoms with Crippen LogP contribution in [0.3, 0.4) is 0 Å². The molecule has 1 fully saturated rings. The minimum absolute atomic E-state index is 0.0174. The Morgan fingerprint density at radius 2 is 1.81 bits per heavy atom. The fourth-order valence-electron chi connectivity index (χ4n) is 4.64. The van der Waals surface area contributed by atoms with E-state index in [-0.39, 0.29) is 23.5 Å². The van der Waals surface area contributed by atoms with E-state index in [0.717, 1.165) is 23.3 Å². The molecule has 1 aliphatic rings. The van der Waals surface area contributed by atoms with Gasteiger partial charge in [0.05, 0.1) is 6.10 Å². The minimum Gasteiger partial charge on any atom is -0.489 e. The highest BCUT2D eigenvalue weighted by Crippen LogP contribution is 2.40. The number of hydrogen-bond acceptors (Lipinski definition) is 3. The van der Waals surface area contributed by atoms with E-state index in [0.29, 0.717) is 19.4 Å². The fraction of sp³-hybridized carbons (Fsp3) is 0.536. The van der Waals surface area contributed by atoms with Crippen molar-refractivity contribution < 1.29 is 14.6 Å². The molecule has 2 aromatic carbocycles. The summed E-state index contributed by atoms with van der Waals surface area (Å²) >= 11 is 0. The smallest absolute Gasteiger partial charge is 0.136 e. The topological polar surface area (TPSA) is 46.5 Å². The van der Waals surface area contributed by atoms with Crippen molar-refractivity contribution in [1.82, 2.24) is 0 Å². The number of carbonyl (C=O) groups is 1. The standard InChI is InChI=1S/C28H38O3/c1-4-5-6-10-15-28(2,3)23-13-14-26(22-16-24(29)19-25(30)17-22)27(18-23)31-20-21-11-8-7-9-12-21/h7-9,11-14,18,22,24,29H,4-6,10,15-17,19-20H2,1-3H3/t22-,24+/m1/s1. The first-order valence-electron chi connectivity index (χ1n) is 11.9. The van der Waals surface area contributed by atoms with E-state index in [1.54, 1.807) is 0 Å². The largest absolute Gasteiger partial charge is 0.489 e. The lowest BCUT2D eigenvalue weighted by molar-refractivity contribution is -0.123. The van der Waals surface area contributed by atoms with Crippen LogP contribution in [0.4, 0.5) is 0 Å². The van der Waals surface area contributed by atoms with Crippen LogP contribution >= 0.6 is 0 Å². The maximum atomic E-state index is 12.1. The zero-order valence-electron chi connectivity index (χ0n) is 19.4. The Labute approximate surface area is 187 Å². The molecule has 1 aliphatic carbocycles. The molecule has 1 saturated carbocycles. The number of unbranched alkanes of at least 4 members (excludes halogenated alkanes) is 3. The number of hydrogen-bond donors (Lipinski definition) is 1. The lowest BCUT2D eigenvalue weighted by atomic mass is 9.77. The molecule has 0 saturated heterocycles. The second-order valence-corrected chi connectivity index (χ2v) is 9.75. The molecule has 0 aliphatic heterocycles. The molecule has 3 heteroatoms. The van der Waals surface area contributed by atoms with E-state index in [9.17, 15) is 9.90 Å².